The van der Waals surface area contributed by atoms with Crippen LogP contribution in [0.2, 0.25) is 0 Å². The lowest BCUT2D eigenvalue weighted by Gasteiger charge is -2.17. The molecule has 0 radical (unpaired) electrons. The van der Waals surface area contributed by atoms with Crippen molar-refractivity contribution in [2.24, 2.45) is 0 Å². The molecule has 0 aromatic heterocycles. The van der Waals surface area contributed by atoms with Crippen LogP contribution in [0, 0.1) is 5.82 Å². The van der Waals surface area contributed by atoms with E-state index < -0.39 is 11.7 Å². The highest BCUT2D eigenvalue weighted by Gasteiger charge is 2.21. The Balaban J connectivity index is 2.03. The van der Waals surface area contributed by atoms with Crippen LogP contribution in [-0.2, 0) is 0 Å². The molecule has 0 saturated carbocycles. The number of halogens is 1. The normalized spacial score (nSPS) is 14.3. The van der Waals surface area contributed by atoms with Crippen molar-refractivity contribution >= 4 is 40.6 Å². The van der Waals surface area contributed by atoms with E-state index in [0.717, 1.165) is 6.07 Å². The number of thiocarbonyl (C=S) groups is 2. The van der Waals surface area contributed by atoms with E-state index in [-0.39, 0.29) is 10.7 Å². The second-order valence-corrected chi connectivity index (χ2v) is 4.43. The SMILES string of the molecule is O=C(NC(=S)N1CCNC1=S)c1cccc(F)c1. The van der Waals surface area contributed by atoms with Gasteiger partial charge in [-0.3, -0.25) is 15.0 Å². The first-order valence-corrected chi connectivity index (χ1v) is 6.06. The van der Waals surface area contributed by atoms with Gasteiger partial charge in [-0.05, 0) is 42.6 Å². The Morgan fingerprint density at radius 1 is 1.50 bits per heavy atom. The fraction of sp³-hybridized carbons (Fsp3) is 0.182. The van der Waals surface area contributed by atoms with E-state index in [4.69, 9.17) is 24.4 Å². The minimum absolute atomic E-state index is 0.218. The molecule has 0 spiro atoms. The third-order valence-corrected chi connectivity index (χ3v) is 3.10. The first kappa shape index (κ1) is 12.8. The van der Waals surface area contributed by atoms with Gasteiger partial charge in [-0.15, -0.1) is 0 Å². The monoisotopic (exact) mass is 283 g/mol. The van der Waals surface area contributed by atoms with Crippen molar-refractivity contribution in [2.45, 2.75) is 0 Å². The first-order chi connectivity index (χ1) is 8.58. The molecule has 1 aliphatic heterocycles. The van der Waals surface area contributed by atoms with E-state index in [1.807, 2.05) is 0 Å². The van der Waals surface area contributed by atoms with E-state index in [2.05, 4.69) is 10.6 Å². The van der Waals surface area contributed by atoms with Gasteiger partial charge in [0.15, 0.2) is 10.2 Å². The van der Waals surface area contributed by atoms with Gasteiger partial charge in [0.1, 0.15) is 5.82 Å². The smallest absolute Gasteiger partial charge is 0.257 e. The Morgan fingerprint density at radius 2 is 2.28 bits per heavy atom. The van der Waals surface area contributed by atoms with Crippen LogP contribution < -0.4 is 10.6 Å². The molecule has 1 amide bonds. The molecule has 0 atom stereocenters. The third kappa shape index (κ3) is 2.80. The van der Waals surface area contributed by atoms with Gasteiger partial charge < -0.3 is 5.32 Å². The molecule has 1 aromatic carbocycles. The molecule has 2 rings (SSSR count). The second-order valence-electron chi connectivity index (χ2n) is 3.65. The summed E-state index contributed by atoms with van der Waals surface area (Å²) >= 11 is 10.1. The van der Waals surface area contributed by atoms with Crippen LogP contribution in [0.4, 0.5) is 4.39 Å². The van der Waals surface area contributed by atoms with E-state index in [0.29, 0.717) is 18.2 Å². The Labute approximate surface area is 114 Å². The summed E-state index contributed by atoms with van der Waals surface area (Å²) in [6.07, 6.45) is 0. The number of rotatable bonds is 1. The maximum absolute atomic E-state index is 13.0. The molecule has 0 aliphatic carbocycles. The molecule has 94 valence electrons. The second kappa shape index (κ2) is 5.36. The average molecular weight is 283 g/mol. The maximum Gasteiger partial charge on any atom is 0.257 e. The molecule has 0 bridgehead atoms. The highest BCUT2D eigenvalue weighted by molar-refractivity contribution is 7.81. The van der Waals surface area contributed by atoms with Crippen LogP contribution in [0.25, 0.3) is 0 Å². The zero-order valence-corrected chi connectivity index (χ0v) is 10.9. The van der Waals surface area contributed by atoms with Crippen molar-refractivity contribution < 1.29 is 9.18 Å². The average Bonchev–Trinajstić information content (AvgIpc) is 2.75. The van der Waals surface area contributed by atoms with Gasteiger partial charge in [-0.1, -0.05) is 6.07 Å². The maximum atomic E-state index is 13.0. The molecule has 18 heavy (non-hydrogen) atoms. The molecule has 0 unspecified atom stereocenters. The van der Waals surface area contributed by atoms with Gasteiger partial charge in [-0.25, -0.2) is 4.39 Å². The van der Waals surface area contributed by atoms with Gasteiger partial charge in [0.25, 0.3) is 5.91 Å². The summed E-state index contributed by atoms with van der Waals surface area (Å²) < 4.78 is 13.0. The fourth-order valence-corrected chi connectivity index (χ4v) is 2.15. The molecular formula is C11H10FN3OS2. The number of benzene rings is 1. The van der Waals surface area contributed by atoms with E-state index in [1.54, 1.807) is 4.90 Å². The summed E-state index contributed by atoms with van der Waals surface area (Å²) in [6, 6.07) is 5.41. The van der Waals surface area contributed by atoms with Crippen molar-refractivity contribution in [1.29, 1.82) is 0 Å². The molecular weight excluding hydrogens is 273 g/mol. The molecule has 1 fully saturated rings. The van der Waals surface area contributed by atoms with Gasteiger partial charge in [0, 0.05) is 18.7 Å². The predicted molar refractivity (Wildman–Crippen MR) is 73.8 cm³/mol. The molecule has 2 N–H and O–H groups in total. The van der Waals surface area contributed by atoms with Crippen molar-refractivity contribution in [3.05, 3.63) is 35.6 Å². The number of carbonyl (C=O) groups is 1. The zero-order chi connectivity index (χ0) is 13.1. The number of hydrogen-bond donors (Lipinski definition) is 2. The van der Waals surface area contributed by atoms with Crippen molar-refractivity contribution in [3.8, 4) is 0 Å². The molecule has 4 nitrogen and oxygen atoms in total. The summed E-state index contributed by atoms with van der Waals surface area (Å²) in [5, 5.41) is 6.16. The van der Waals surface area contributed by atoms with Gasteiger partial charge in [0.2, 0.25) is 0 Å². The largest absolute Gasteiger partial charge is 0.360 e. The van der Waals surface area contributed by atoms with Gasteiger partial charge in [0.05, 0.1) is 0 Å². The molecule has 7 heteroatoms. The number of carbonyl (C=O) groups excluding carboxylic acids is 1. The third-order valence-electron chi connectivity index (χ3n) is 2.41. The van der Waals surface area contributed by atoms with E-state index in [9.17, 15) is 9.18 Å². The van der Waals surface area contributed by atoms with Gasteiger partial charge >= 0.3 is 0 Å². The Kier molecular flexibility index (Phi) is 3.83. The molecule has 1 aliphatic rings. The van der Waals surface area contributed by atoms with Crippen molar-refractivity contribution in [3.63, 3.8) is 0 Å². The van der Waals surface area contributed by atoms with Crippen LogP contribution in [0.3, 0.4) is 0 Å². The lowest BCUT2D eigenvalue weighted by molar-refractivity contribution is 0.0974. The highest BCUT2D eigenvalue weighted by atomic mass is 32.1. The minimum Gasteiger partial charge on any atom is -0.360 e. The first-order valence-electron chi connectivity index (χ1n) is 5.24. The van der Waals surface area contributed by atoms with Crippen molar-refractivity contribution in [2.75, 3.05) is 13.1 Å². The quantitative estimate of drug-likeness (QED) is 0.754. The summed E-state index contributed by atoms with van der Waals surface area (Å²) in [7, 11) is 0. The zero-order valence-electron chi connectivity index (χ0n) is 9.27. The molecule has 1 heterocycles. The Morgan fingerprint density at radius 3 is 2.89 bits per heavy atom. The summed E-state index contributed by atoms with van der Waals surface area (Å²) in [6.45, 7) is 1.30. The summed E-state index contributed by atoms with van der Waals surface area (Å²) in [4.78, 5) is 13.4. The molecule has 1 aromatic rings. The minimum atomic E-state index is -0.466. The van der Waals surface area contributed by atoms with Crippen LogP contribution in [0.1, 0.15) is 10.4 Å². The Hall–Kier alpha value is -1.60. The van der Waals surface area contributed by atoms with Crippen LogP contribution in [-0.4, -0.2) is 34.1 Å². The number of amides is 1. The summed E-state index contributed by atoms with van der Waals surface area (Å²) in [5.74, 6) is -0.916. The number of nitrogens with one attached hydrogen (secondary N) is 2. The van der Waals surface area contributed by atoms with E-state index >= 15 is 0 Å². The lowest BCUT2D eigenvalue weighted by atomic mass is 10.2. The van der Waals surface area contributed by atoms with Crippen LogP contribution >= 0.6 is 24.4 Å². The Bertz CT molecular complexity index is 521. The van der Waals surface area contributed by atoms with Crippen LogP contribution in [0.15, 0.2) is 24.3 Å². The number of nitrogens with zero attached hydrogens (tertiary/aromatic N) is 1. The standard InChI is InChI=1S/C11H10FN3OS2/c12-8-3-1-2-7(6-8)9(16)14-11(18)15-5-4-13-10(15)17/h1-3,6H,4-5H2,(H,13,17)(H,14,16,18). The van der Waals surface area contributed by atoms with Crippen molar-refractivity contribution in [1.82, 2.24) is 15.5 Å². The predicted octanol–water partition coefficient (Wildman–Crippen LogP) is 1.03. The number of hydrogen-bond acceptors (Lipinski definition) is 3. The van der Waals surface area contributed by atoms with E-state index in [1.165, 1.54) is 18.2 Å². The van der Waals surface area contributed by atoms with Gasteiger partial charge in [-0.2, -0.15) is 0 Å². The fourth-order valence-electron chi connectivity index (χ4n) is 1.53. The molecule has 1 saturated heterocycles. The van der Waals surface area contributed by atoms with Crippen LogP contribution in [0.5, 0.6) is 0 Å². The summed E-state index contributed by atoms with van der Waals surface area (Å²) in [5.41, 5.74) is 0.218. The highest BCUT2D eigenvalue weighted by Crippen LogP contribution is 2.04. The topological polar surface area (TPSA) is 44.4 Å². The lowest BCUT2D eigenvalue weighted by Crippen LogP contribution is -2.44.